The minimum atomic E-state index is -0.932. The van der Waals surface area contributed by atoms with Gasteiger partial charge in [0.2, 0.25) is 6.10 Å². The zero-order chi connectivity index (χ0) is 19.8. The SMILES string of the molecule is CCOc1ccccc1/C=C/C(=O)O[C@@H](C(=O)N1CCCC1)c1ccccc1. The van der Waals surface area contributed by atoms with Crippen molar-refractivity contribution in [2.45, 2.75) is 25.9 Å². The van der Waals surface area contributed by atoms with Crippen molar-refractivity contribution >= 4 is 18.0 Å². The molecule has 1 heterocycles. The lowest BCUT2D eigenvalue weighted by Crippen LogP contribution is -2.34. The first-order valence-electron chi connectivity index (χ1n) is 9.63. The molecule has 5 nitrogen and oxygen atoms in total. The van der Waals surface area contributed by atoms with Crippen molar-refractivity contribution in [1.29, 1.82) is 0 Å². The molecule has 0 bridgehead atoms. The Hall–Kier alpha value is -3.08. The molecular weight excluding hydrogens is 354 g/mol. The summed E-state index contributed by atoms with van der Waals surface area (Å²) in [6.45, 7) is 3.85. The Balaban J connectivity index is 1.75. The number of para-hydroxylation sites is 1. The van der Waals surface area contributed by atoms with Gasteiger partial charge in [-0.05, 0) is 31.9 Å². The van der Waals surface area contributed by atoms with Crippen LogP contribution in [0.1, 0.15) is 37.0 Å². The summed E-state index contributed by atoms with van der Waals surface area (Å²) in [5, 5.41) is 0. The van der Waals surface area contributed by atoms with Crippen molar-refractivity contribution < 1.29 is 19.1 Å². The van der Waals surface area contributed by atoms with Gasteiger partial charge in [0.25, 0.3) is 5.91 Å². The molecule has 0 aliphatic carbocycles. The van der Waals surface area contributed by atoms with Crippen molar-refractivity contribution in [3.8, 4) is 5.75 Å². The monoisotopic (exact) mass is 379 g/mol. The summed E-state index contributed by atoms with van der Waals surface area (Å²) in [6, 6.07) is 16.6. The molecule has 1 fully saturated rings. The zero-order valence-corrected chi connectivity index (χ0v) is 16.0. The van der Waals surface area contributed by atoms with Crippen LogP contribution >= 0.6 is 0 Å². The predicted molar refractivity (Wildman–Crippen MR) is 108 cm³/mol. The number of hydrogen-bond donors (Lipinski definition) is 0. The molecule has 0 unspecified atom stereocenters. The predicted octanol–water partition coefficient (Wildman–Crippen LogP) is 4.01. The van der Waals surface area contributed by atoms with Gasteiger partial charge in [0.05, 0.1) is 6.61 Å². The van der Waals surface area contributed by atoms with Crippen molar-refractivity contribution in [1.82, 2.24) is 4.90 Å². The fourth-order valence-electron chi connectivity index (χ4n) is 3.21. The van der Waals surface area contributed by atoms with Crippen LogP contribution in [0.15, 0.2) is 60.7 Å². The van der Waals surface area contributed by atoms with E-state index in [9.17, 15) is 9.59 Å². The molecular formula is C23H25NO4. The number of esters is 1. The molecule has 0 radical (unpaired) electrons. The number of rotatable bonds is 7. The first kappa shape index (κ1) is 19.7. The summed E-state index contributed by atoms with van der Waals surface area (Å²) in [5.74, 6) is -0.0327. The van der Waals surface area contributed by atoms with E-state index in [1.54, 1.807) is 23.1 Å². The van der Waals surface area contributed by atoms with E-state index in [0.29, 0.717) is 31.0 Å². The number of hydrogen-bond acceptors (Lipinski definition) is 4. The smallest absolute Gasteiger partial charge is 0.331 e. The highest BCUT2D eigenvalue weighted by molar-refractivity contribution is 5.91. The van der Waals surface area contributed by atoms with E-state index in [-0.39, 0.29) is 5.91 Å². The van der Waals surface area contributed by atoms with Gasteiger partial charge in [-0.3, -0.25) is 4.79 Å². The van der Waals surface area contributed by atoms with Crippen LogP contribution < -0.4 is 4.74 Å². The Bertz CT molecular complexity index is 826. The lowest BCUT2D eigenvalue weighted by atomic mass is 10.1. The molecule has 1 amide bonds. The van der Waals surface area contributed by atoms with Gasteiger partial charge in [-0.25, -0.2) is 4.79 Å². The molecule has 1 saturated heterocycles. The Morgan fingerprint density at radius 1 is 1.04 bits per heavy atom. The van der Waals surface area contributed by atoms with Gasteiger partial charge in [-0.2, -0.15) is 0 Å². The first-order valence-corrected chi connectivity index (χ1v) is 9.63. The number of benzene rings is 2. The third-order valence-electron chi connectivity index (χ3n) is 4.60. The van der Waals surface area contributed by atoms with E-state index in [0.717, 1.165) is 18.4 Å². The number of likely N-dealkylation sites (tertiary alicyclic amines) is 1. The molecule has 1 aliphatic heterocycles. The van der Waals surface area contributed by atoms with Gasteiger partial charge in [0, 0.05) is 30.3 Å². The normalized spacial score (nSPS) is 14.8. The number of carbonyl (C=O) groups excluding carboxylic acids is 2. The van der Waals surface area contributed by atoms with Gasteiger partial charge >= 0.3 is 5.97 Å². The molecule has 1 aliphatic rings. The number of nitrogens with zero attached hydrogens (tertiary/aromatic N) is 1. The second-order valence-electron chi connectivity index (χ2n) is 6.56. The van der Waals surface area contributed by atoms with Crippen LogP contribution in [0.4, 0.5) is 0 Å². The summed E-state index contributed by atoms with van der Waals surface area (Å²) in [7, 11) is 0. The van der Waals surface area contributed by atoms with Crippen molar-refractivity contribution in [2.75, 3.05) is 19.7 Å². The van der Waals surface area contributed by atoms with Crippen molar-refractivity contribution in [2.24, 2.45) is 0 Å². The molecule has 146 valence electrons. The van der Waals surface area contributed by atoms with Crippen molar-refractivity contribution in [3.63, 3.8) is 0 Å². The Kier molecular flexibility index (Phi) is 6.84. The highest BCUT2D eigenvalue weighted by Crippen LogP contribution is 2.24. The minimum Gasteiger partial charge on any atom is -0.493 e. The van der Waals surface area contributed by atoms with E-state index < -0.39 is 12.1 Å². The maximum atomic E-state index is 12.9. The molecule has 0 aromatic heterocycles. The lowest BCUT2D eigenvalue weighted by Gasteiger charge is -2.23. The average Bonchev–Trinajstić information content (AvgIpc) is 3.27. The van der Waals surface area contributed by atoms with Crippen LogP contribution in [0.5, 0.6) is 5.75 Å². The van der Waals surface area contributed by atoms with Crippen LogP contribution in [0.3, 0.4) is 0 Å². The molecule has 0 spiro atoms. The zero-order valence-electron chi connectivity index (χ0n) is 16.0. The lowest BCUT2D eigenvalue weighted by molar-refractivity contribution is -0.156. The van der Waals surface area contributed by atoms with E-state index in [4.69, 9.17) is 9.47 Å². The molecule has 2 aromatic carbocycles. The molecule has 3 rings (SSSR count). The van der Waals surface area contributed by atoms with Gasteiger partial charge in [-0.15, -0.1) is 0 Å². The van der Waals surface area contributed by atoms with Gasteiger partial charge in [-0.1, -0.05) is 48.5 Å². The Morgan fingerprint density at radius 2 is 1.71 bits per heavy atom. The first-order chi connectivity index (χ1) is 13.7. The van der Waals surface area contributed by atoms with Crippen molar-refractivity contribution in [3.05, 3.63) is 71.8 Å². The number of amides is 1. The third kappa shape index (κ3) is 5.00. The highest BCUT2D eigenvalue weighted by atomic mass is 16.5. The van der Waals surface area contributed by atoms with E-state index in [2.05, 4.69) is 0 Å². The van der Waals surface area contributed by atoms with E-state index in [1.165, 1.54) is 6.08 Å². The van der Waals surface area contributed by atoms with Crippen LogP contribution in [0, 0.1) is 0 Å². The molecule has 5 heteroatoms. The fraction of sp³-hybridized carbons (Fsp3) is 0.304. The van der Waals surface area contributed by atoms with Gasteiger partial charge < -0.3 is 14.4 Å². The molecule has 28 heavy (non-hydrogen) atoms. The van der Waals surface area contributed by atoms with Crippen LogP contribution in [-0.4, -0.2) is 36.5 Å². The minimum absolute atomic E-state index is 0.167. The standard InChI is InChI=1S/C23H25NO4/c1-2-27-20-13-7-6-10-18(20)14-15-21(25)28-22(19-11-4-3-5-12-19)23(26)24-16-8-9-17-24/h3-7,10-15,22H,2,8-9,16-17H2,1H3/b15-14+/t22-/m1/s1. The van der Waals surface area contributed by atoms with Crippen LogP contribution in [0.2, 0.25) is 0 Å². The maximum absolute atomic E-state index is 12.9. The number of carbonyl (C=O) groups is 2. The molecule has 1 atom stereocenters. The summed E-state index contributed by atoms with van der Waals surface area (Å²) in [4.78, 5) is 27.1. The summed E-state index contributed by atoms with van der Waals surface area (Å²) in [6.07, 6.45) is 4.02. The quantitative estimate of drug-likeness (QED) is 0.539. The van der Waals surface area contributed by atoms with Gasteiger partial charge in [0.1, 0.15) is 5.75 Å². The largest absolute Gasteiger partial charge is 0.493 e. The van der Waals surface area contributed by atoms with E-state index in [1.807, 2.05) is 49.4 Å². The maximum Gasteiger partial charge on any atom is 0.331 e. The highest BCUT2D eigenvalue weighted by Gasteiger charge is 2.30. The fourth-order valence-corrected chi connectivity index (χ4v) is 3.21. The Morgan fingerprint density at radius 3 is 2.43 bits per heavy atom. The molecule has 0 N–H and O–H groups in total. The summed E-state index contributed by atoms with van der Waals surface area (Å²) < 4.78 is 11.1. The van der Waals surface area contributed by atoms with Crippen LogP contribution in [-0.2, 0) is 14.3 Å². The Labute approximate surface area is 165 Å². The third-order valence-corrected chi connectivity index (χ3v) is 4.60. The molecule has 2 aromatic rings. The van der Waals surface area contributed by atoms with Gasteiger partial charge in [0.15, 0.2) is 0 Å². The van der Waals surface area contributed by atoms with Crippen LogP contribution in [0.25, 0.3) is 6.08 Å². The average molecular weight is 379 g/mol. The summed E-state index contributed by atoms with van der Waals surface area (Å²) >= 11 is 0. The topological polar surface area (TPSA) is 55.8 Å². The second kappa shape index (κ2) is 9.74. The molecule has 0 saturated carbocycles. The summed E-state index contributed by atoms with van der Waals surface area (Å²) in [5.41, 5.74) is 1.46. The number of ether oxygens (including phenoxy) is 2. The van der Waals surface area contributed by atoms with E-state index >= 15 is 0 Å². The second-order valence-corrected chi connectivity index (χ2v) is 6.56.